The molecule has 0 saturated heterocycles. The number of nitrogens with zero attached hydrogens (tertiary/aromatic N) is 2. The average Bonchev–Trinajstić information content (AvgIpc) is 3.05. The summed E-state index contributed by atoms with van der Waals surface area (Å²) in [5.41, 5.74) is 3.91. The molecule has 3 heteroatoms. The molecular weight excluding hydrogens is 222 g/mol. The molecular formula is C15H23N3. The molecule has 0 radical (unpaired) electrons. The molecule has 2 heterocycles. The van der Waals surface area contributed by atoms with Crippen LogP contribution in [0.3, 0.4) is 0 Å². The highest BCUT2D eigenvalue weighted by atomic mass is 15.0. The van der Waals surface area contributed by atoms with Gasteiger partial charge in [0, 0.05) is 30.3 Å². The van der Waals surface area contributed by atoms with Crippen LogP contribution in [0.15, 0.2) is 0 Å². The van der Waals surface area contributed by atoms with E-state index in [-0.39, 0.29) is 0 Å². The zero-order chi connectivity index (χ0) is 12.5. The van der Waals surface area contributed by atoms with E-state index in [9.17, 15) is 0 Å². The quantitative estimate of drug-likeness (QED) is 0.889. The normalized spacial score (nSPS) is 26.6. The van der Waals surface area contributed by atoms with Gasteiger partial charge in [-0.1, -0.05) is 20.3 Å². The lowest BCUT2D eigenvalue weighted by molar-refractivity contribution is 0.515. The van der Waals surface area contributed by atoms with Crippen molar-refractivity contribution in [1.82, 2.24) is 15.3 Å². The van der Waals surface area contributed by atoms with Crippen LogP contribution in [-0.2, 0) is 19.5 Å². The van der Waals surface area contributed by atoms with Crippen molar-refractivity contribution in [3.8, 4) is 0 Å². The van der Waals surface area contributed by atoms with E-state index < -0.39 is 0 Å². The average molecular weight is 245 g/mol. The molecule has 1 aromatic rings. The van der Waals surface area contributed by atoms with E-state index in [2.05, 4.69) is 19.2 Å². The van der Waals surface area contributed by atoms with Gasteiger partial charge in [-0.25, -0.2) is 9.97 Å². The van der Waals surface area contributed by atoms with Crippen molar-refractivity contribution in [3.05, 3.63) is 22.8 Å². The third kappa shape index (κ3) is 2.05. The number of fused-ring (bicyclic) bond motifs is 1. The van der Waals surface area contributed by atoms with Crippen molar-refractivity contribution in [2.75, 3.05) is 0 Å². The Labute approximate surface area is 109 Å². The van der Waals surface area contributed by atoms with E-state index in [0.29, 0.717) is 5.92 Å². The molecule has 2 aliphatic rings. The lowest BCUT2D eigenvalue weighted by atomic mass is 10.0. The van der Waals surface area contributed by atoms with Crippen LogP contribution in [0.4, 0.5) is 0 Å². The van der Waals surface area contributed by atoms with Crippen molar-refractivity contribution >= 4 is 0 Å². The van der Waals surface area contributed by atoms with Gasteiger partial charge >= 0.3 is 0 Å². The summed E-state index contributed by atoms with van der Waals surface area (Å²) in [5.74, 6) is 2.64. The van der Waals surface area contributed by atoms with E-state index in [1.807, 2.05) is 0 Å². The first-order valence-corrected chi connectivity index (χ1v) is 7.41. The van der Waals surface area contributed by atoms with E-state index in [1.165, 1.54) is 42.6 Å². The Morgan fingerprint density at radius 2 is 2.06 bits per heavy atom. The van der Waals surface area contributed by atoms with Crippen LogP contribution in [0.5, 0.6) is 0 Å². The highest BCUT2D eigenvalue weighted by Gasteiger charge is 2.28. The first-order chi connectivity index (χ1) is 8.81. The fraction of sp³-hybridized carbons (Fsp3) is 0.733. The Hall–Kier alpha value is -0.960. The van der Waals surface area contributed by atoms with Crippen LogP contribution in [-0.4, -0.2) is 9.97 Å². The minimum atomic E-state index is 0.617. The molecule has 2 atom stereocenters. The number of nitrogens with one attached hydrogen (secondary N) is 1. The van der Waals surface area contributed by atoms with E-state index in [4.69, 9.17) is 9.97 Å². The van der Waals surface area contributed by atoms with Gasteiger partial charge in [0.05, 0.1) is 5.69 Å². The van der Waals surface area contributed by atoms with E-state index in [0.717, 1.165) is 31.3 Å². The minimum Gasteiger partial charge on any atom is -0.307 e. The molecule has 0 amide bonds. The van der Waals surface area contributed by atoms with Gasteiger partial charge in [0.25, 0.3) is 0 Å². The van der Waals surface area contributed by atoms with Gasteiger partial charge in [-0.3, -0.25) is 0 Å². The second kappa shape index (κ2) is 4.96. The molecule has 0 aromatic carbocycles. The summed E-state index contributed by atoms with van der Waals surface area (Å²) in [5, 5.41) is 3.40. The van der Waals surface area contributed by atoms with Crippen molar-refractivity contribution in [1.29, 1.82) is 0 Å². The fourth-order valence-electron chi connectivity index (χ4n) is 3.41. The zero-order valence-electron chi connectivity index (χ0n) is 11.5. The van der Waals surface area contributed by atoms with Gasteiger partial charge in [-0.15, -0.1) is 0 Å². The molecule has 98 valence electrons. The summed E-state index contributed by atoms with van der Waals surface area (Å²) >= 11 is 0. The van der Waals surface area contributed by atoms with Crippen molar-refractivity contribution in [2.45, 2.75) is 65.0 Å². The number of aryl methyl sites for hydroxylation is 1. The monoisotopic (exact) mass is 245 g/mol. The molecule has 3 nitrogen and oxygen atoms in total. The lowest BCUT2D eigenvalue weighted by Crippen LogP contribution is -2.08. The third-order valence-corrected chi connectivity index (χ3v) is 4.61. The Morgan fingerprint density at radius 1 is 1.17 bits per heavy atom. The Morgan fingerprint density at radius 3 is 2.78 bits per heavy atom. The van der Waals surface area contributed by atoms with Crippen LogP contribution < -0.4 is 5.32 Å². The Bertz CT molecular complexity index is 442. The van der Waals surface area contributed by atoms with Crippen LogP contribution in [0.2, 0.25) is 0 Å². The number of hydrogen-bond donors (Lipinski definition) is 1. The molecule has 0 bridgehead atoms. The molecule has 1 aromatic heterocycles. The summed E-state index contributed by atoms with van der Waals surface area (Å²) in [4.78, 5) is 9.70. The zero-order valence-corrected chi connectivity index (χ0v) is 11.5. The van der Waals surface area contributed by atoms with Gasteiger partial charge in [-0.2, -0.15) is 0 Å². The summed E-state index contributed by atoms with van der Waals surface area (Å²) in [7, 11) is 0. The van der Waals surface area contributed by atoms with Gasteiger partial charge in [-0.05, 0) is 31.6 Å². The van der Waals surface area contributed by atoms with Crippen molar-refractivity contribution in [3.63, 3.8) is 0 Å². The van der Waals surface area contributed by atoms with E-state index in [1.54, 1.807) is 0 Å². The second-order valence-electron chi connectivity index (χ2n) is 5.70. The van der Waals surface area contributed by atoms with Gasteiger partial charge in [0.15, 0.2) is 0 Å². The molecule has 18 heavy (non-hydrogen) atoms. The smallest absolute Gasteiger partial charge is 0.132 e. The van der Waals surface area contributed by atoms with Crippen LogP contribution in [0.25, 0.3) is 0 Å². The van der Waals surface area contributed by atoms with Crippen LogP contribution in [0, 0.1) is 5.92 Å². The summed E-state index contributed by atoms with van der Waals surface area (Å²) in [6.45, 7) is 6.40. The van der Waals surface area contributed by atoms with Gasteiger partial charge in [0.1, 0.15) is 5.82 Å². The lowest BCUT2D eigenvalue weighted by Gasteiger charge is -2.13. The predicted octanol–water partition coefficient (Wildman–Crippen LogP) is 2.94. The predicted molar refractivity (Wildman–Crippen MR) is 72.3 cm³/mol. The van der Waals surface area contributed by atoms with Crippen molar-refractivity contribution < 1.29 is 0 Å². The highest BCUT2D eigenvalue weighted by Crippen LogP contribution is 2.38. The highest BCUT2D eigenvalue weighted by molar-refractivity contribution is 5.30. The number of aromatic nitrogens is 2. The summed E-state index contributed by atoms with van der Waals surface area (Å²) in [6, 6.07) is 0. The first-order valence-electron chi connectivity index (χ1n) is 7.41. The van der Waals surface area contributed by atoms with Crippen molar-refractivity contribution in [2.24, 2.45) is 5.92 Å². The second-order valence-corrected chi connectivity index (χ2v) is 5.70. The van der Waals surface area contributed by atoms with Crippen LogP contribution >= 0.6 is 0 Å². The van der Waals surface area contributed by atoms with E-state index >= 15 is 0 Å². The molecule has 1 saturated carbocycles. The molecule has 0 spiro atoms. The maximum atomic E-state index is 4.86. The maximum Gasteiger partial charge on any atom is 0.132 e. The summed E-state index contributed by atoms with van der Waals surface area (Å²) < 4.78 is 0. The fourth-order valence-corrected chi connectivity index (χ4v) is 3.41. The maximum absolute atomic E-state index is 4.86. The molecule has 1 fully saturated rings. The molecule has 1 aliphatic heterocycles. The van der Waals surface area contributed by atoms with Gasteiger partial charge < -0.3 is 5.32 Å². The number of rotatable bonds is 3. The molecule has 3 rings (SSSR count). The Kier molecular flexibility index (Phi) is 3.33. The standard InChI is InChI=1S/C15H23N3/c1-3-10-5-6-11(7-10)15-17-13(4-2)12-8-16-9-14(12)18-15/h10-11,16H,3-9H2,1-2H3. The summed E-state index contributed by atoms with van der Waals surface area (Å²) in [6.07, 6.45) is 6.29. The SMILES string of the molecule is CCc1nc(C2CCC(CC)C2)nc2c1CNC2. The van der Waals surface area contributed by atoms with Gasteiger partial charge in [0.2, 0.25) is 0 Å². The minimum absolute atomic E-state index is 0.617. The largest absolute Gasteiger partial charge is 0.307 e. The topological polar surface area (TPSA) is 37.8 Å². The number of hydrogen-bond acceptors (Lipinski definition) is 3. The Balaban J connectivity index is 1.89. The third-order valence-electron chi connectivity index (χ3n) is 4.61. The first kappa shape index (κ1) is 12.1. The molecule has 2 unspecified atom stereocenters. The van der Waals surface area contributed by atoms with Crippen LogP contribution in [0.1, 0.15) is 68.2 Å². The molecule has 1 aliphatic carbocycles. The molecule has 1 N–H and O–H groups in total.